The Morgan fingerprint density at radius 1 is 1.12 bits per heavy atom. The molecule has 0 saturated carbocycles. The monoisotopic (exact) mass is 351 g/mol. The SMILES string of the molecule is CCOC(=O)[C@H](CC(=O)c1ccccc1)C(C)(C(=O)OCC)[N+](=O)[O-]. The summed E-state index contributed by atoms with van der Waals surface area (Å²) in [5.74, 6) is -4.27. The van der Waals surface area contributed by atoms with Crippen molar-refractivity contribution in [2.24, 2.45) is 5.92 Å². The number of benzene rings is 1. The average molecular weight is 351 g/mol. The number of hydrogen-bond acceptors (Lipinski definition) is 7. The van der Waals surface area contributed by atoms with E-state index in [0.29, 0.717) is 0 Å². The first kappa shape index (κ1) is 20.3. The standard InChI is InChI=1S/C17H21NO7/c1-4-24-15(20)13(11-14(19)12-9-7-6-8-10-12)17(3,18(22)23)16(21)25-5-2/h6-10,13H,4-5,11H2,1-3H3/t13-,17?/m0/s1. The highest BCUT2D eigenvalue weighted by Gasteiger charge is 2.59. The van der Waals surface area contributed by atoms with Crippen LogP contribution in [0.2, 0.25) is 0 Å². The molecule has 8 heteroatoms. The molecular weight excluding hydrogens is 330 g/mol. The van der Waals surface area contributed by atoms with Crippen LogP contribution >= 0.6 is 0 Å². The van der Waals surface area contributed by atoms with Gasteiger partial charge in [0.15, 0.2) is 5.78 Å². The second kappa shape index (κ2) is 8.91. The Balaban J connectivity index is 3.26. The fourth-order valence-corrected chi connectivity index (χ4v) is 2.30. The average Bonchev–Trinajstić information content (AvgIpc) is 2.59. The molecule has 0 aliphatic rings. The molecule has 25 heavy (non-hydrogen) atoms. The third kappa shape index (κ3) is 4.62. The van der Waals surface area contributed by atoms with E-state index in [2.05, 4.69) is 0 Å². The Morgan fingerprint density at radius 3 is 2.16 bits per heavy atom. The van der Waals surface area contributed by atoms with E-state index in [1.165, 1.54) is 26.0 Å². The quantitative estimate of drug-likeness (QED) is 0.289. The number of nitrogens with zero attached hydrogens (tertiary/aromatic N) is 1. The minimum atomic E-state index is -2.42. The van der Waals surface area contributed by atoms with Gasteiger partial charge in [-0.2, -0.15) is 0 Å². The van der Waals surface area contributed by atoms with Gasteiger partial charge in [0.2, 0.25) is 0 Å². The summed E-state index contributed by atoms with van der Waals surface area (Å²) in [7, 11) is 0. The van der Waals surface area contributed by atoms with E-state index in [0.717, 1.165) is 6.92 Å². The van der Waals surface area contributed by atoms with Crippen molar-refractivity contribution in [3.05, 3.63) is 46.0 Å². The number of nitro groups is 1. The molecular formula is C17H21NO7. The van der Waals surface area contributed by atoms with Gasteiger partial charge in [-0.1, -0.05) is 30.3 Å². The second-order valence-corrected chi connectivity index (χ2v) is 5.42. The first-order valence-electron chi connectivity index (χ1n) is 7.85. The fraction of sp³-hybridized carbons (Fsp3) is 0.471. The lowest BCUT2D eigenvalue weighted by atomic mass is 9.81. The number of carbonyl (C=O) groups excluding carboxylic acids is 3. The lowest BCUT2D eigenvalue weighted by Crippen LogP contribution is -2.54. The highest BCUT2D eigenvalue weighted by molar-refractivity contribution is 5.99. The van der Waals surface area contributed by atoms with Crippen LogP contribution < -0.4 is 0 Å². The van der Waals surface area contributed by atoms with E-state index in [9.17, 15) is 24.5 Å². The van der Waals surface area contributed by atoms with Crippen molar-refractivity contribution >= 4 is 17.7 Å². The molecule has 0 spiro atoms. The first-order chi connectivity index (χ1) is 11.8. The van der Waals surface area contributed by atoms with Crippen LogP contribution in [0, 0.1) is 16.0 Å². The summed E-state index contributed by atoms with van der Waals surface area (Å²) in [5.41, 5.74) is -2.14. The van der Waals surface area contributed by atoms with Gasteiger partial charge in [0.25, 0.3) is 0 Å². The molecule has 0 aromatic heterocycles. The Hall–Kier alpha value is -2.77. The smallest absolute Gasteiger partial charge is 0.385 e. The summed E-state index contributed by atoms with van der Waals surface area (Å²) in [5, 5.41) is 11.6. The van der Waals surface area contributed by atoms with Crippen LogP contribution in [0.15, 0.2) is 30.3 Å². The molecule has 0 bridgehead atoms. The van der Waals surface area contributed by atoms with E-state index in [-0.39, 0.29) is 18.8 Å². The summed E-state index contributed by atoms with van der Waals surface area (Å²) in [4.78, 5) is 47.6. The van der Waals surface area contributed by atoms with Crippen LogP contribution in [0.3, 0.4) is 0 Å². The maximum absolute atomic E-state index is 12.4. The molecule has 0 saturated heterocycles. The maximum atomic E-state index is 12.4. The Bertz CT molecular complexity index is 644. The van der Waals surface area contributed by atoms with Crippen molar-refractivity contribution in [2.45, 2.75) is 32.7 Å². The molecule has 136 valence electrons. The van der Waals surface area contributed by atoms with Gasteiger partial charge in [-0.3, -0.25) is 19.7 Å². The highest BCUT2D eigenvalue weighted by Crippen LogP contribution is 2.29. The van der Waals surface area contributed by atoms with Crippen molar-refractivity contribution in [3.63, 3.8) is 0 Å². The number of Topliss-reactive ketones (excluding diaryl/α,β-unsaturated/α-hetero) is 1. The van der Waals surface area contributed by atoms with E-state index < -0.39 is 40.5 Å². The van der Waals surface area contributed by atoms with E-state index in [4.69, 9.17) is 9.47 Å². The van der Waals surface area contributed by atoms with E-state index in [1.807, 2.05) is 0 Å². The van der Waals surface area contributed by atoms with Crippen LogP contribution in [0.1, 0.15) is 37.6 Å². The minimum Gasteiger partial charge on any atom is -0.466 e. The van der Waals surface area contributed by atoms with Crippen LogP contribution in [0.5, 0.6) is 0 Å². The van der Waals surface area contributed by atoms with Gasteiger partial charge in [-0.25, -0.2) is 4.79 Å². The van der Waals surface area contributed by atoms with Gasteiger partial charge in [0.05, 0.1) is 13.2 Å². The molecule has 0 radical (unpaired) electrons. The zero-order valence-corrected chi connectivity index (χ0v) is 14.4. The molecule has 1 rings (SSSR count). The Morgan fingerprint density at radius 2 is 1.68 bits per heavy atom. The van der Waals surface area contributed by atoms with Crippen LogP contribution in [-0.2, 0) is 19.1 Å². The molecule has 0 fully saturated rings. The number of carbonyl (C=O) groups is 3. The number of esters is 2. The largest absolute Gasteiger partial charge is 0.466 e. The van der Waals surface area contributed by atoms with Crippen molar-refractivity contribution in [2.75, 3.05) is 13.2 Å². The van der Waals surface area contributed by atoms with E-state index >= 15 is 0 Å². The topological polar surface area (TPSA) is 113 Å². The normalized spacial score (nSPS) is 14.0. The van der Waals surface area contributed by atoms with Crippen LogP contribution in [0.25, 0.3) is 0 Å². The lowest BCUT2D eigenvalue weighted by Gasteiger charge is -2.26. The summed E-state index contributed by atoms with van der Waals surface area (Å²) >= 11 is 0. The first-order valence-corrected chi connectivity index (χ1v) is 7.85. The molecule has 0 N–H and O–H groups in total. The van der Waals surface area contributed by atoms with Crippen molar-refractivity contribution in [1.29, 1.82) is 0 Å². The molecule has 0 aliphatic carbocycles. The van der Waals surface area contributed by atoms with Gasteiger partial charge < -0.3 is 9.47 Å². The predicted molar refractivity (Wildman–Crippen MR) is 87.5 cm³/mol. The molecule has 1 aromatic rings. The van der Waals surface area contributed by atoms with Crippen LogP contribution in [0.4, 0.5) is 0 Å². The molecule has 0 amide bonds. The van der Waals surface area contributed by atoms with Gasteiger partial charge >= 0.3 is 17.5 Å². The third-order valence-corrected chi connectivity index (χ3v) is 3.80. The summed E-state index contributed by atoms with van der Waals surface area (Å²) in [6.07, 6.45) is -0.543. The summed E-state index contributed by atoms with van der Waals surface area (Å²) in [6, 6.07) is 8.02. The zero-order chi connectivity index (χ0) is 19.0. The summed E-state index contributed by atoms with van der Waals surface area (Å²) < 4.78 is 9.63. The molecule has 1 aromatic carbocycles. The highest BCUT2D eigenvalue weighted by atomic mass is 16.6. The minimum absolute atomic E-state index is 0.0362. The lowest BCUT2D eigenvalue weighted by molar-refractivity contribution is -0.558. The van der Waals surface area contributed by atoms with E-state index in [1.54, 1.807) is 18.2 Å². The van der Waals surface area contributed by atoms with Gasteiger partial charge in [-0.05, 0) is 13.8 Å². The Labute approximate surface area is 145 Å². The number of hydrogen-bond donors (Lipinski definition) is 0. The Kier molecular flexibility index (Phi) is 7.22. The predicted octanol–water partition coefficient (Wildman–Crippen LogP) is 2.04. The zero-order valence-electron chi connectivity index (χ0n) is 14.4. The van der Waals surface area contributed by atoms with Gasteiger partial charge in [0.1, 0.15) is 5.92 Å². The number of ether oxygens (including phenoxy) is 2. The number of rotatable bonds is 9. The third-order valence-electron chi connectivity index (χ3n) is 3.80. The van der Waals surface area contributed by atoms with Crippen molar-refractivity contribution in [1.82, 2.24) is 0 Å². The molecule has 8 nitrogen and oxygen atoms in total. The van der Waals surface area contributed by atoms with Crippen molar-refractivity contribution < 1.29 is 28.8 Å². The van der Waals surface area contributed by atoms with Crippen LogP contribution in [-0.4, -0.2) is 41.4 Å². The fourth-order valence-electron chi connectivity index (χ4n) is 2.30. The molecule has 1 unspecified atom stereocenters. The number of ketones is 1. The summed E-state index contributed by atoms with van der Waals surface area (Å²) in [6.45, 7) is 3.87. The van der Waals surface area contributed by atoms with Gasteiger partial charge in [-0.15, -0.1) is 0 Å². The molecule has 0 aliphatic heterocycles. The van der Waals surface area contributed by atoms with Crippen molar-refractivity contribution in [3.8, 4) is 0 Å². The van der Waals surface area contributed by atoms with Gasteiger partial charge in [0, 0.05) is 23.8 Å². The molecule has 2 atom stereocenters. The maximum Gasteiger partial charge on any atom is 0.385 e. The second-order valence-electron chi connectivity index (χ2n) is 5.42. The molecule has 0 heterocycles.